The lowest BCUT2D eigenvalue weighted by molar-refractivity contribution is -0.167. The smallest absolute Gasteiger partial charge is 0.306 e. The molecule has 0 aromatic rings. The molecule has 0 rings (SSSR count). The van der Waals surface area contributed by atoms with Crippen LogP contribution in [0.1, 0.15) is 316 Å². The summed E-state index contributed by atoms with van der Waals surface area (Å²) in [5.41, 5.74) is 0. The van der Waals surface area contributed by atoms with Gasteiger partial charge in [-0.25, -0.2) is 0 Å². The number of hydrogen-bond donors (Lipinski definition) is 0. The minimum absolute atomic E-state index is 0.0778. The molecule has 0 aromatic carbocycles. The Balaban J connectivity index is 4.25. The fourth-order valence-corrected chi connectivity index (χ4v) is 8.71. The van der Waals surface area contributed by atoms with Gasteiger partial charge in [-0.15, -0.1) is 0 Å². The average Bonchev–Trinajstić information content (AvgIpc) is 3.35. The zero-order chi connectivity index (χ0) is 50.0. The van der Waals surface area contributed by atoms with E-state index in [2.05, 4.69) is 69.4 Å². The standard InChI is InChI=1S/C63H114O6/c1-4-7-10-13-16-19-22-24-26-28-30-31-32-33-34-36-37-39-41-44-47-50-53-56-62(65)68-59-60(58-67-61(64)55-52-49-46-43-21-18-15-12-9-6-3)69-63(66)57-54-51-48-45-42-40-38-35-29-27-25-23-20-17-14-11-8-5-2/h12,15,20,23,27-30,60H,4-11,13-14,16-19,21-22,24-26,31-59H2,1-3H3/b15-12-,23-20-,29-27-,30-28-. The highest BCUT2D eigenvalue weighted by atomic mass is 16.6. The Kier molecular flexibility index (Phi) is 55.7. The van der Waals surface area contributed by atoms with Gasteiger partial charge in [-0.3, -0.25) is 14.4 Å². The van der Waals surface area contributed by atoms with E-state index < -0.39 is 6.10 Å². The molecule has 0 aromatic heterocycles. The normalized spacial score (nSPS) is 12.3. The molecule has 0 amide bonds. The lowest BCUT2D eigenvalue weighted by atomic mass is 10.0. The van der Waals surface area contributed by atoms with E-state index in [1.54, 1.807) is 0 Å². The van der Waals surface area contributed by atoms with Gasteiger partial charge in [-0.1, -0.05) is 249 Å². The zero-order valence-electron chi connectivity index (χ0n) is 46.1. The molecular formula is C63H114O6. The van der Waals surface area contributed by atoms with Gasteiger partial charge in [0.05, 0.1) is 0 Å². The van der Waals surface area contributed by atoms with Gasteiger partial charge in [0.2, 0.25) is 0 Å². The molecule has 0 saturated carbocycles. The van der Waals surface area contributed by atoms with Gasteiger partial charge in [0.25, 0.3) is 0 Å². The fraction of sp³-hybridized carbons (Fsp3) is 0.825. The molecule has 1 atom stereocenters. The summed E-state index contributed by atoms with van der Waals surface area (Å²) in [4.78, 5) is 38.1. The van der Waals surface area contributed by atoms with Crippen molar-refractivity contribution in [3.05, 3.63) is 48.6 Å². The first kappa shape index (κ1) is 66.4. The summed E-state index contributed by atoms with van der Waals surface area (Å²) in [6.07, 6.45) is 71.2. The predicted molar refractivity (Wildman–Crippen MR) is 298 cm³/mol. The van der Waals surface area contributed by atoms with Crippen LogP contribution < -0.4 is 0 Å². The van der Waals surface area contributed by atoms with E-state index in [1.807, 2.05) is 0 Å². The molecule has 0 heterocycles. The largest absolute Gasteiger partial charge is 0.462 e. The summed E-state index contributed by atoms with van der Waals surface area (Å²) in [5.74, 6) is -0.884. The Bertz CT molecular complexity index is 1200. The van der Waals surface area contributed by atoms with Gasteiger partial charge >= 0.3 is 17.9 Å². The fourth-order valence-electron chi connectivity index (χ4n) is 8.71. The van der Waals surface area contributed by atoms with Gasteiger partial charge in [0, 0.05) is 19.3 Å². The summed E-state index contributed by atoms with van der Waals surface area (Å²) in [6, 6.07) is 0. The summed E-state index contributed by atoms with van der Waals surface area (Å²) in [6.45, 7) is 6.58. The molecule has 0 radical (unpaired) electrons. The van der Waals surface area contributed by atoms with E-state index in [0.29, 0.717) is 19.3 Å². The molecule has 0 saturated heterocycles. The molecule has 69 heavy (non-hydrogen) atoms. The first-order chi connectivity index (χ1) is 34.0. The van der Waals surface area contributed by atoms with Crippen LogP contribution in [0.3, 0.4) is 0 Å². The number of carbonyl (C=O) groups is 3. The number of esters is 3. The van der Waals surface area contributed by atoms with Crippen molar-refractivity contribution in [2.24, 2.45) is 0 Å². The number of hydrogen-bond acceptors (Lipinski definition) is 6. The average molecular weight is 968 g/mol. The van der Waals surface area contributed by atoms with Crippen LogP contribution in [0.4, 0.5) is 0 Å². The molecule has 0 aliphatic heterocycles. The Labute approximate surface area is 428 Å². The number of carbonyl (C=O) groups excluding carboxylic acids is 3. The number of rotatable bonds is 55. The third-order valence-electron chi connectivity index (χ3n) is 13.3. The highest BCUT2D eigenvalue weighted by Crippen LogP contribution is 2.16. The predicted octanol–water partition coefficient (Wildman–Crippen LogP) is 20.2. The molecule has 0 aliphatic rings. The van der Waals surface area contributed by atoms with Gasteiger partial charge in [0.1, 0.15) is 13.2 Å². The van der Waals surface area contributed by atoms with Crippen LogP contribution in [-0.4, -0.2) is 37.2 Å². The minimum atomic E-state index is -0.780. The van der Waals surface area contributed by atoms with E-state index in [4.69, 9.17) is 14.2 Å². The Morgan fingerprint density at radius 3 is 0.884 bits per heavy atom. The van der Waals surface area contributed by atoms with E-state index in [0.717, 1.165) is 83.5 Å². The van der Waals surface area contributed by atoms with Crippen molar-refractivity contribution in [1.29, 1.82) is 0 Å². The molecular weight excluding hydrogens is 853 g/mol. The van der Waals surface area contributed by atoms with Gasteiger partial charge in [0.15, 0.2) is 6.10 Å². The molecule has 0 aliphatic carbocycles. The lowest BCUT2D eigenvalue weighted by Crippen LogP contribution is -2.30. The van der Waals surface area contributed by atoms with Gasteiger partial charge < -0.3 is 14.2 Å². The van der Waals surface area contributed by atoms with Crippen molar-refractivity contribution in [1.82, 2.24) is 0 Å². The maximum Gasteiger partial charge on any atom is 0.306 e. The van der Waals surface area contributed by atoms with Crippen molar-refractivity contribution in [2.75, 3.05) is 13.2 Å². The highest BCUT2D eigenvalue weighted by Gasteiger charge is 2.19. The maximum absolute atomic E-state index is 12.8. The van der Waals surface area contributed by atoms with E-state index in [-0.39, 0.29) is 31.1 Å². The maximum atomic E-state index is 12.8. The first-order valence-electron chi connectivity index (χ1n) is 30.1. The highest BCUT2D eigenvalue weighted by molar-refractivity contribution is 5.71. The van der Waals surface area contributed by atoms with Crippen LogP contribution in [0, 0.1) is 0 Å². The first-order valence-corrected chi connectivity index (χ1v) is 30.1. The molecule has 6 heteroatoms. The summed E-state index contributed by atoms with van der Waals surface area (Å²) in [5, 5.41) is 0. The molecule has 402 valence electrons. The zero-order valence-corrected chi connectivity index (χ0v) is 46.1. The van der Waals surface area contributed by atoms with Crippen LogP contribution in [0.2, 0.25) is 0 Å². The van der Waals surface area contributed by atoms with Crippen LogP contribution in [0.5, 0.6) is 0 Å². The third-order valence-corrected chi connectivity index (χ3v) is 13.3. The van der Waals surface area contributed by atoms with Crippen molar-refractivity contribution in [3.63, 3.8) is 0 Å². The second kappa shape index (κ2) is 57.9. The molecule has 0 spiro atoms. The molecule has 6 nitrogen and oxygen atoms in total. The molecule has 0 bridgehead atoms. The monoisotopic (exact) mass is 967 g/mol. The number of ether oxygens (including phenoxy) is 3. The van der Waals surface area contributed by atoms with Crippen molar-refractivity contribution < 1.29 is 28.6 Å². The van der Waals surface area contributed by atoms with E-state index >= 15 is 0 Å². The number of allylic oxidation sites excluding steroid dienone is 8. The Morgan fingerprint density at radius 1 is 0.290 bits per heavy atom. The Hall–Kier alpha value is -2.63. The topological polar surface area (TPSA) is 78.9 Å². The SMILES string of the molecule is CCC/C=C\CCCCCCCC(=O)OCC(COC(=O)CCCCCCCCCCCCC/C=C\CCCCCCCCCC)OC(=O)CCCCCCCCC/C=C\C/C=C\CCCCCC. The molecule has 0 fully saturated rings. The third kappa shape index (κ3) is 56.2. The quantitative estimate of drug-likeness (QED) is 0.0262. The van der Waals surface area contributed by atoms with Crippen LogP contribution in [-0.2, 0) is 28.6 Å². The lowest BCUT2D eigenvalue weighted by Gasteiger charge is -2.18. The van der Waals surface area contributed by atoms with E-state index in [9.17, 15) is 14.4 Å². The number of unbranched alkanes of at least 4 members (excludes halogenated alkanes) is 36. The van der Waals surface area contributed by atoms with Crippen molar-refractivity contribution in [3.8, 4) is 0 Å². The van der Waals surface area contributed by atoms with Crippen molar-refractivity contribution in [2.45, 2.75) is 322 Å². The Morgan fingerprint density at radius 2 is 0.551 bits per heavy atom. The van der Waals surface area contributed by atoms with Gasteiger partial charge in [-0.2, -0.15) is 0 Å². The van der Waals surface area contributed by atoms with Crippen LogP contribution in [0.25, 0.3) is 0 Å². The van der Waals surface area contributed by atoms with Crippen LogP contribution in [0.15, 0.2) is 48.6 Å². The summed E-state index contributed by atoms with van der Waals surface area (Å²) in [7, 11) is 0. The molecule has 0 N–H and O–H groups in total. The van der Waals surface area contributed by atoms with E-state index in [1.165, 1.54) is 193 Å². The molecule has 1 unspecified atom stereocenters. The minimum Gasteiger partial charge on any atom is -0.462 e. The second-order valence-electron chi connectivity index (χ2n) is 20.2. The van der Waals surface area contributed by atoms with Crippen LogP contribution >= 0.6 is 0 Å². The van der Waals surface area contributed by atoms with Gasteiger partial charge in [-0.05, 0) is 96.3 Å². The summed E-state index contributed by atoms with van der Waals surface area (Å²) < 4.78 is 16.9. The second-order valence-corrected chi connectivity index (χ2v) is 20.2. The van der Waals surface area contributed by atoms with Crippen molar-refractivity contribution >= 4 is 17.9 Å². The summed E-state index contributed by atoms with van der Waals surface area (Å²) >= 11 is 0.